The van der Waals surface area contributed by atoms with Crippen LogP contribution in [0.15, 0.2) is 42.5 Å². The van der Waals surface area contributed by atoms with Crippen molar-refractivity contribution in [3.05, 3.63) is 48.0 Å². The molecule has 31 heavy (non-hydrogen) atoms. The lowest BCUT2D eigenvalue weighted by molar-refractivity contribution is -0.138. The molecule has 0 unspecified atom stereocenters. The van der Waals surface area contributed by atoms with Crippen molar-refractivity contribution in [2.75, 3.05) is 18.8 Å². The Hall–Kier alpha value is -3.07. The second-order valence-corrected chi connectivity index (χ2v) is 8.09. The van der Waals surface area contributed by atoms with Crippen molar-refractivity contribution in [3.63, 3.8) is 0 Å². The van der Waals surface area contributed by atoms with Crippen LogP contribution in [0.25, 0.3) is 16.9 Å². The van der Waals surface area contributed by atoms with E-state index < -0.39 is 11.9 Å². The summed E-state index contributed by atoms with van der Waals surface area (Å²) in [7, 11) is 0. The quantitative estimate of drug-likeness (QED) is 0.657. The van der Waals surface area contributed by atoms with Gasteiger partial charge in [-0.15, -0.1) is 5.10 Å². The van der Waals surface area contributed by atoms with Gasteiger partial charge in [0, 0.05) is 38.0 Å². The number of carboxylic acids is 1. The smallest absolute Gasteiger partial charge is 0.306 e. The Balaban J connectivity index is 0.000000334. The van der Waals surface area contributed by atoms with E-state index in [4.69, 9.17) is 10.8 Å². The number of carboxylic acid groups (broad SMARTS) is 1. The van der Waals surface area contributed by atoms with Crippen molar-refractivity contribution >= 4 is 17.6 Å². The molecule has 7 nitrogen and oxygen atoms in total. The highest BCUT2D eigenvalue weighted by molar-refractivity contribution is 5.72. The van der Waals surface area contributed by atoms with Crippen molar-refractivity contribution < 1.29 is 18.7 Å². The molecule has 0 radical (unpaired) electrons. The van der Waals surface area contributed by atoms with Crippen molar-refractivity contribution in [1.82, 2.24) is 19.5 Å². The Morgan fingerprint density at radius 2 is 1.81 bits per heavy atom. The third-order valence-corrected chi connectivity index (χ3v) is 5.55. The maximum Gasteiger partial charge on any atom is 0.306 e. The molecule has 5 rings (SSSR count). The number of hydrogen-bond donors (Lipinski definition) is 2. The van der Waals surface area contributed by atoms with Crippen LogP contribution >= 0.6 is 0 Å². The zero-order valence-electron chi connectivity index (χ0n) is 17.0. The minimum atomic E-state index is -2.50. The first kappa shape index (κ1) is 21.2. The molecule has 3 N–H and O–H groups in total. The Morgan fingerprint density at radius 3 is 2.39 bits per heavy atom. The molecule has 0 spiro atoms. The number of nitrogen functional groups attached to an aromatic ring is 1. The summed E-state index contributed by atoms with van der Waals surface area (Å²) in [6, 6.07) is 13.8. The summed E-state index contributed by atoms with van der Waals surface area (Å²) in [5.41, 5.74) is 9.41. The average molecular weight is 429 g/mol. The monoisotopic (exact) mass is 429 g/mol. The Bertz CT molecular complexity index is 1050. The van der Waals surface area contributed by atoms with Gasteiger partial charge in [-0.05, 0) is 30.5 Å². The summed E-state index contributed by atoms with van der Waals surface area (Å²) in [5, 5.41) is 12.3. The van der Waals surface area contributed by atoms with Gasteiger partial charge in [0.05, 0.1) is 11.6 Å². The van der Waals surface area contributed by atoms with Crippen LogP contribution in [0, 0.1) is 5.92 Å². The molecule has 1 aliphatic carbocycles. The zero-order valence-corrected chi connectivity index (χ0v) is 17.0. The second-order valence-electron chi connectivity index (χ2n) is 8.09. The van der Waals surface area contributed by atoms with Crippen molar-refractivity contribution in [1.29, 1.82) is 0 Å². The largest absolute Gasteiger partial charge is 0.481 e. The molecule has 2 aromatic heterocycles. The molecule has 0 amide bonds. The number of aliphatic carboxylic acids is 1. The van der Waals surface area contributed by atoms with Gasteiger partial charge in [-0.3, -0.25) is 9.69 Å². The maximum atomic E-state index is 13.2. The number of rotatable bonds is 4. The van der Waals surface area contributed by atoms with Gasteiger partial charge in [-0.25, -0.2) is 13.3 Å². The Labute approximate surface area is 178 Å². The van der Waals surface area contributed by atoms with E-state index in [9.17, 15) is 13.6 Å². The van der Waals surface area contributed by atoms with Crippen LogP contribution in [0.2, 0.25) is 0 Å². The van der Waals surface area contributed by atoms with E-state index in [1.54, 1.807) is 4.52 Å². The van der Waals surface area contributed by atoms with Crippen molar-refractivity contribution in [2.45, 2.75) is 38.2 Å². The molecule has 2 aliphatic rings. The van der Waals surface area contributed by atoms with Crippen LogP contribution in [0.3, 0.4) is 0 Å². The predicted molar refractivity (Wildman–Crippen MR) is 113 cm³/mol. The molecule has 9 heteroatoms. The highest BCUT2D eigenvalue weighted by Gasteiger charge is 2.33. The van der Waals surface area contributed by atoms with Crippen LogP contribution in [-0.2, 0) is 11.3 Å². The van der Waals surface area contributed by atoms with Gasteiger partial charge in [-0.2, -0.15) is 4.98 Å². The molecule has 0 bridgehead atoms. The lowest BCUT2D eigenvalue weighted by atomic mass is 10.0. The minimum Gasteiger partial charge on any atom is -0.481 e. The van der Waals surface area contributed by atoms with Gasteiger partial charge in [-0.1, -0.05) is 30.3 Å². The van der Waals surface area contributed by atoms with Crippen molar-refractivity contribution in [2.24, 2.45) is 5.92 Å². The van der Waals surface area contributed by atoms with E-state index >= 15 is 0 Å². The molecular formula is C22H25F2N5O2. The van der Waals surface area contributed by atoms with E-state index in [2.05, 4.69) is 15.0 Å². The van der Waals surface area contributed by atoms with Crippen LogP contribution < -0.4 is 5.73 Å². The number of anilines is 1. The van der Waals surface area contributed by atoms with Crippen LogP contribution in [0.1, 0.15) is 31.2 Å². The van der Waals surface area contributed by atoms with Gasteiger partial charge in [0.2, 0.25) is 5.95 Å². The third-order valence-electron chi connectivity index (χ3n) is 5.55. The fourth-order valence-corrected chi connectivity index (χ4v) is 3.55. The zero-order chi connectivity index (χ0) is 22.0. The molecule has 164 valence electrons. The summed E-state index contributed by atoms with van der Waals surface area (Å²) >= 11 is 0. The number of nitrogens with two attached hydrogens (primary N) is 1. The molecular weight excluding hydrogens is 404 g/mol. The van der Waals surface area contributed by atoms with E-state index in [1.165, 1.54) is 0 Å². The number of likely N-dealkylation sites (tertiary alicyclic amines) is 1. The van der Waals surface area contributed by atoms with Gasteiger partial charge in [0.1, 0.15) is 0 Å². The Morgan fingerprint density at radius 1 is 1.13 bits per heavy atom. The van der Waals surface area contributed by atoms with Gasteiger partial charge >= 0.3 is 5.97 Å². The first-order valence-corrected chi connectivity index (χ1v) is 10.3. The van der Waals surface area contributed by atoms with E-state index in [0.29, 0.717) is 25.3 Å². The molecule has 1 saturated carbocycles. The summed E-state index contributed by atoms with van der Waals surface area (Å²) in [6.45, 7) is 1.56. The third kappa shape index (κ3) is 5.35. The average Bonchev–Trinajstić information content (AvgIpc) is 3.52. The molecule has 0 atom stereocenters. The predicted octanol–water partition coefficient (Wildman–Crippen LogP) is 3.69. The van der Waals surface area contributed by atoms with E-state index in [1.807, 2.05) is 42.5 Å². The highest BCUT2D eigenvalue weighted by atomic mass is 19.3. The van der Waals surface area contributed by atoms with E-state index in [-0.39, 0.29) is 24.7 Å². The number of pyridine rings is 1. The summed E-state index contributed by atoms with van der Waals surface area (Å²) < 4.78 is 28.2. The van der Waals surface area contributed by atoms with Gasteiger partial charge in [0.25, 0.3) is 5.92 Å². The molecule has 3 aromatic rings. The maximum absolute atomic E-state index is 13.2. The van der Waals surface area contributed by atoms with Crippen LogP contribution in [0.5, 0.6) is 0 Å². The number of hydrogen-bond acceptors (Lipinski definition) is 5. The number of nitrogens with zero attached hydrogens (tertiary/aromatic N) is 4. The number of halogens is 2. The number of piperidine rings is 1. The topological polar surface area (TPSA) is 96.8 Å². The lowest BCUT2D eigenvalue weighted by Gasteiger charge is -2.31. The minimum absolute atomic E-state index is 0.0185. The highest BCUT2D eigenvalue weighted by Crippen LogP contribution is 2.29. The van der Waals surface area contributed by atoms with Gasteiger partial charge < -0.3 is 10.8 Å². The first-order valence-electron chi connectivity index (χ1n) is 10.3. The Kier molecular flexibility index (Phi) is 5.86. The van der Waals surface area contributed by atoms with Gasteiger partial charge in [0.15, 0.2) is 5.65 Å². The number of aromatic nitrogens is 3. The normalized spacial score (nSPS) is 18.4. The standard InChI is InChI=1S/C18H19F2N5.C4H6O2/c19-18(20)8-10-24(11-9-18)12-13-4-6-14(7-5-13)15-2-1-3-16-22-17(21)23-25(15)16;5-4(6)3-1-2-3/h1-7H,8-12H2,(H2,21,23);3H,1-2H2,(H,5,6). The molecule has 2 fully saturated rings. The lowest BCUT2D eigenvalue weighted by Crippen LogP contribution is -2.38. The molecule has 1 aromatic carbocycles. The SMILES string of the molecule is Nc1nc2cccc(-c3ccc(CN4CCC(F)(F)CC4)cc3)n2n1.O=C(O)C1CC1. The van der Waals surface area contributed by atoms with Crippen molar-refractivity contribution in [3.8, 4) is 11.3 Å². The fraction of sp³-hybridized carbons (Fsp3) is 0.409. The molecule has 1 saturated heterocycles. The summed E-state index contributed by atoms with van der Waals surface area (Å²) in [5.74, 6) is -2.87. The summed E-state index contributed by atoms with van der Waals surface area (Å²) in [4.78, 5) is 16.0. The first-order chi connectivity index (χ1) is 14.8. The van der Waals surface area contributed by atoms with Crippen LogP contribution in [0.4, 0.5) is 14.7 Å². The number of fused-ring (bicyclic) bond motifs is 1. The molecule has 1 aliphatic heterocycles. The molecule has 3 heterocycles. The fourth-order valence-electron chi connectivity index (χ4n) is 3.55. The second kappa shape index (κ2) is 8.58. The van der Waals surface area contributed by atoms with Crippen LogP contribution in [-0.4, -0.2) is 49.6 Å². The number of alkyl halides is 2. The number of benzene rings is 1. The number of carbonyl (C=O) groups is 1. The summed E-state index contributed by atoms with van der Waals surface area (Å²) in [6.07, 6.45) is 1.69. The van der Waals surface area contributed by atoms with E-state index in [0.717, 1.165) is 29.7 Å².